The van der Waals surface area contributed by atoms with E-state index in [2.05, 4.69) is 21.4 Å². The van der Waals surface area contributed by atoms with Gasteiger partial charge in [-0.05, 0) is 41.8 Å². The maximum Gasteiger partial charge on any atom is 0.268 e. The summed E-state index contributed by atoms with van der Waals surface area (Å²) in [5.41, 5.74) is 4.98. The number of para-hydroxylation sites is 1. The fourth-order valence-corrected chi connectivity index (χ4v) is 4.15. The third-order valence-corrected chi connectivity index (χ3v) is 5.33. The molecule has 0 saturated heterocycles. The van der Waals surface area contributed by atoms with Gasteiger partial charge in [-0.15, -0.1) is 0 Å². The number of nitrogens with one attached hydrogen (secondary N) is 3. The molecule has 0 fully saturated rings. The van der Waals surface area contributed by atoms with E-state index < -0.39 is 0 Å². The fraction of sp³-hybridized carbons (Fsp3) is 0.150. The average molecular weight is 350 g/mol. The monoisotopic (exact) mass is 349 g/mol. The SMILES string of the molecule is O=C1NCC[C@@H](c2c[nH]c3ccc(Cl)cc23)c2c1[nH]c1ccccc21. The molecule has 4 aromatic rings. The van der Waals surface area contributed by atoms with E-state index in [0.29, 0.717) is 12.2 Å². The standard InChI is InChI=1S/C20H16ClN3O/c21-11-5-6-16-14(9-11)15(10-23-16)12-7-8-22-20(25)19-18(12)13-3-1-2-4-17(13)24-19/h1-6,9-10,12,23-24H,7-8H2,(H,22,25)/t12-/m0/s1. The molecule has 2 aromatic heterocycles. The number of H-pyrrole nitrogens is 2. The molecule has 25 heavy (non-hydrogen) atoms. The minimum absolute atomic E-state index is 0.0356. The van der Waals surface area contributed by atoms with Gasteiger partial charge in [0.2, 0.25) is 0 Å². The predicted octanol–water partition coefficient (Wildman–Crippen LogP) is 4.57. The molecule has 0 aliphatic carbocycles. The van der Waals surface area contributed by atoms with Crippen molar-refractivity contribution in [1.82, 2.24) is 15.3 Å². The van der Waals surface area contributed by atoms with Crippen LogP contribution < -0.4 is 5.32 Å². The number of rotatable bonds is 1. The van der Waals surface area contributed by atoms with Crippen molar-refractivity contribution in [2.45, 2.75) is 12.3 Å². The van der Waals surface area contributed by atoms with Crippen molar-refractivity contribution in [3.63, 3.8) is 0 Å². The predicted molar refractivity (Wildman–Crippen MR) is 100 cm³/mol. The number of fused-ring (bicyclic) bond motifs is 4. The molecule has 0 radical (unpaired) electrons. The van der Waals surface area contributed by atoms with Gasteiger partial charge in [0, 0.05) is 45.5 Å². The molecule has 5 rings (SSSR count). The summed E-state index contributed by atoms with van der Waals surface area (Å²) in [6, 6.07) is 14.0. The van der Waals surface area contributed by atoms with E-state index >= 15 is 0 Å². The largest absolute Gasteiger partial charge is 0.361 e. The second-order valence-corrected chi connectivity index (χ2v) is 6.93. The van der Waals surface area contributed by atoms with Crippen molar-refractivity contribution in [1.29, 1.82) is 0 Å². The Bertz CT molecular complexity index is 1120. The molecular weight excluding hydrogens is 334 g/mol. The van der Waals surface area contributed by atoms with Gasteiger partial charge in [-0.25, -0.2) is 0 Å². The quantitative estimate of drug-likeness (QED) is 0.463. The van der Waals surface area contributed by atoms with Crippen LogP contribution in [0.4, 0.5) is 0 Å². The highest BCUT2D eigenvalue weighted by molar-refractivity contribution is 6.31. The van der Waals surface area contributed by atoms with Crippen LogP contribution in [0.25, 0.3) is 21.8 Å². The van der Waals surface area contributed by atoms with Gasteiger partial charge in [0.25, 0.3) is 5.91 Å². The van der Waals surface area contributed by atoms with Crippen LogP contribution in [0.1, 0.15) is 34.0 Å². The molecule has 0 saturated carbocycles. The maximum absolute atomic E-state index is 12.5. The lowest BCUT2D eigenvalue weighted by Gasteiger charge is -2.15. The molecule has 2 aromatic carbocycles. The van der Waals surface area contributed by atoms with Crippen LogP contribution in [0.15, 0.2) is 48.7 Å². The molecule has 0 spiro atoms. The van der Waals surface area contributed by atoms with Crippen molar-refractivity contribution >= 4 is 39.3 Å². The zero-order valence-corrected chi connectivity index (χ0v) is 14.2. The summed E-state index contributed by atoms with van der Waals surface area (Å²) < 4.78 is 0. The van der Waals surface area contributed by atoms with Gasteiger partial charge < -0.3 is 15.3 Å². The molecule has 0 unspecified atom stereocenters. The van der Waals surface area contributed by atoms with Crippen LogP contribution in [-0.4, -0.2) is 22.4 Å². The number of aromatic amines is 2. The van der Waals surface area contributed by atoms with Crippen LogP contribution in [0.3, 0.4) is 0 Å². The number of aromatic nitrogens is 2. The summed E-state index contributed by atoms with van der Waals surface area (Å²) in [5.74, 6) is 0.0869. The number of benzene rings is 2. The van der Waals surface area contributed by atoms with E-state index in [0.717, 1.165) is 38.8 Å². The minimum atomic E-state index is -0.0356. The first-order chi connectivity index (χ1) is 12.2. The van der Waals surface area contributed by atoms with Gasteiger partial charge >= 0.3 is 0 Å². The lowest BCUT2D eigenvalue weighted by Crippen LogP contribution is -2.23. The summed E-state index contributed by atoms with van der Waals surface area (Å²) in [4.78, 5) is 19.2. The molecule has 3 N–H and O–H groups in total. The van der Waals surface area contributed by atoms with E-state index in [1.54, 1.807) is 0 Å². The normalized spacial score (nSPS) is 17.5. The van der Waals surface area contributed by atoms with E-state index in [1.165, 1.54) is 5.56 Å². The van der Waals surface area contributed by atoms with Crippen molar-refractivity contribution in [2.24, 2.45) is 0 Å². The maximum atomic E-state index is 12.5. The Morgan fingerprint density at radius 1 is 1.04 bits per heavy atom. The Labute approximate surface area is 149 Å². The molecule has 1 atom stereocenters. The van der Waals surface area contributed by atoms with Crippen molar-refractivity contribution in [2.75, 3.05) is 6.54 Å². The molecular formula is C20H16ClN3O. The second-order valence-electron chi connectivity index (χ2n) is 6.49. The molecule has 0 bridgehead atoms. The van der Waals surface area contributed by atoms with E-state index in [4.69, 9.17) is 11.6 Å². The van der Waals surface area contributed by atoms with Gasteiger partial charge in [0.1, 0.15) is 5.69 Å². The first-order valence-corrected chi connectivity index (χ1v) is 8.75. The van der Waals surface area contributed by atoms with Crippen LogP contribution in [0, 0.1) is 0 Å². The van der Waals surface area contributed by atoms with Gasteiger partial charge in [-0.2, -0.15) is 0 Å². The lowest BCUT2D eigenvalue weighted by molar-refractivity contribution is 0.0952. The van der Waals surface area contributed by atoms with Gasteiger partial charge in [0.15, 0.2) is 0 Å². The van der Waals surface area contributed by atoms with E-state index in [-0.39, 0.29) is 11.8 Å². The van der Waals surface area contributed by atoms with Crippen LogP contribution in [0.5, 0.6) is 0 Å². The molecule has 1 aliphatic heterocycles. The van der Waals surface area contributed by atoms with Crippen molar-refractivity contribution in [3.05, 3.63) is 70.5 Å². The molecule has 124 valence electrons. The summed E-state index contributed by atoms with van der Waals surface area (Å²) in [5, 5.41) is 5.95. The Kier molecular flexibility index (Phi) is 3.15. The average Bonchev–Trinajstić information content (AvgIpc) is 3.16. The van der Waals surface area contributed by atoms with Gasteiger partial charge in [-0.1, -0.05) is 29.8 Å². The van der Waals surface area contributed by atoms with Gasteiger partial charge in [0.05, 0.1) is 0 Å². The first-order valence-electron chi connectivity index (χ1n) is 8.37. The Morgan fingerprint density at radius 2 is 1.92 bits per heavy atom. The molecule has 3 heterocycles. The molecule has 1 amide bonds. The summed E-state index contributed by atoms with van der Waals surface area (Å²) in [6.07, 6.45) is 2.90. The number of hydrogen-bond donors (Lipinski definition) is 3. The number of carbonyl (C=O) groups excluding carboxylic acids is 1. The zero-order valence-electron chi connectivity index (χ0n) is 13.4. The molecule has 5 heteroatoms. The second kappa shape index (κ2) is 5.39. The number of halogens is 1. The lowest BCUT2D eigenvalue weighted by atomic mass is 9.87. The zero-order chi connectivity index (χ0) is 17.0. The summed E-state index contributed by atoms with van der Waals surface area (Å²) in [6.45, 7) is 0.646. The Hall–Kier alpha value is -2.72. The number of amides is 1. The minimum Gasteiger partial charge on any atom is -0.361 e. The van der Waals surface area contributed by atoms with E-state index in [1.807, 2.05) is 42.6 Å². The number of carbonyl (C=O) groups is 1. The van der Waals surface area contributed by atoms with Crippen molar-refractivity contribution in [3.8, 4) is 0 Å². The van der Waals surface area contributed by atoms with Crippen molar-refractivity contribution < 1.29 is 4.79 Å². The van der Waals surface area contributed by atoms with Gasteiger partial charge in [-0.3, -0.25) is 4.79 Å². The summed E-state index contributed by atoms with van der Waals surface area (Å²) >= 11 is 6.23. The Balaban J connectivity index is 1.80. The van der Waals surface area contributed by atoms with E-state index in [9.17, 15) is 4.79 Å². The first kappa shape index (κ1) is 14.6. The third-order valence-electron chi connectivity index (χ3n) is 5.09. The third kappa shape index (κ3) is 2.18. The van der Waals surface area contributed by atoms with Crippen LogP contribution >= 0.6 is 11.6 Å². The molecule has 4 nitrogen and oxygen atoms in total. The van der Waals surface area contributed by atoms with Crippen LogP contribution in [0.2, 0.25) is 5.02 Å². The Morgan fingerprint density at radius 3 is 2.84 bits per heavy atom. The van der Waals surface area contributed by atoms with Crippen LogP contribution in [-0.2, 0) is 0 Å². The smallest absolute Gasteiger partial charge is 0.268 e. The topological polar surface area (TPSA) is 60.7 Å². The highest BCUT2D eigenvalue weighted by Gasteiger charge is 2.29. The number of hydrogen-bond acceptors (Lipinski definition) is 1. The highest BCUT2D eigenvalue weighted by atomic mass is 35.5. The fourth-order valence-electron chi connectivity index (χ4n) is 3.98. The highest BCUT2D eigenvalue weighted by Crippen LogP contribution is 2.40. The molecule has 1 aliphatic rings. The summed E-state index contributed by atoms with van der Waals surface area (Å²) in [7, 11) is 0.